The Hall–Kier alpha value is -0.380. The van der Waals surface area contributed by atoms with Gasteiger partial charge in [0.25, 0.3) is 0 Å². The van der Waals surface area contributed by atoms with Gasteiger partial charge in [0, 0.05) is 19.6 Å². The summed E-state index contributed by atoms with van der Waals surface area (Å²) in [4.78, 5) is 4.75. The first-order valence-corrected chi connectivity index (χ1v) is 6.70. The van der Waals surface area contributed by atoms with Gasteiger partial charge < -0.3 is 14.9 Å². The topological polar surface area (TPSA) is 26.7 Å². The molecular weight excluding hydrogens is 212 g/mol. The van der Waals surface area contributed by atoms with Crippen LogP contribution in [0, 0.1) is 5.92 Å². The van der Waals surface area contributed by atoms with E-state index >= 15 is 0 Å². The van der Waals surface area contributed by atoms with Crippen LogP contribution in [0.5, 0.6) is 0 Å². The Morgan fingerprint density at radius 1 is 1.47 bits per heavy atom. The van der Waals surface area contributed by atoms with E-state index in [2.05, 4.69) is 30.4 Å². The molecule has 0 aromatic carbocycles. The summed E-state index contributed by atoms with van der Waals surface area (Å²) in [7, 11) is 2.18. The van der Waals surface area contributed by atoms with Gasteiger partial charge in [-0.25, -0.2) is 0 Å². The molecule has 1 saturated heterocycles. The maximum Gasteiger partial charge on any atom is 0.0639 e. The van der Waals surface area contributed by atoms with Crippen LogP contribution in [0.25, 0.3) is 0 Å². The van der Waals surface area contributed by atoms with Crippen molar-refractivity contribution in [1.82, 2.24) is 9.80 Å². The van der Waals surface area contributed by atoms with E-state index < -0.39 is 0 Å². The van der Waals surface area contributed by atoms with E-state index in [1.165, 1.54) is 25.0 Å². The van der Waals surface area contributed by atoms with E-state index in [0.717, 1.165) is 32.1 Å². The van der Waals surface area contributed by atoms with Gasteiger partial charge in [0.1, 0.15) is 0 Å². The quantitative estimate of drug-likeness (QED) is 0.714. The smallest absolute Gasteiger partial charge is 0.0639 e. The van der Waals surface area contributed by atoms with Crippen LogP contribution in [0.3, 0.4) is 0 Å². The Labute approximate surface area is 106 Å². The average Bonchev–Trinajstić information content (AvgIpc) is 2.18. The zero-order valence-corrected chi connectivity index (χ0v) is 11.7. The fourth-order valence-corrected chi connectivity index (χ4v) is 2.69. The molecule has 1 aliphatic rings. The second kappa shape index (κ2) is 7.14. The average molecular weight is 240 g/mol. The zero-order chi connectivity index (χ0) is 12.8. The monoisotopic (exact) mass is 240 g/mol. The summed E-state index contributed by atoms with van der Waals surface area (Å²) in [5, 5.41) is 9.36. The van der Waals surface area contributed by atoms with Crippen molar-refractivity contribution in [3.8, 4) is 0 Å². The van der Waals surface area contributed by atoms with E-state index in [9.17, 15) is 5.11 Å². The lowest BCUT2D eigenvalue weighted by atomic mass is 9.96. The zero-order valence-electron chi connectivity index (χ0n) is 11.7. The molecular formula is C14H28N2O. The molecule has 1 aliphatic heterocycles. The normalized spacial score (nSPS) is 20.8. The van der Waals surface area contributed by atoms with Crippen LogP contribution in [0.1, 0.15) is 26.7 Å². The van der Waals surface area contributed by atoms with Crippen molar-refractivity contribution >= 4 is 0 Å². The van der Waals surface area contributed by atoms with Gasteiger partial charge in [-0.2, -0.15) is 0 Å². The second-order valence-corrected chi connectivity index (χ2v) is 5.75. The van der Waals surface area contributed by atoms with Crippen molar-refractivity contribution in [3.63, 3.8) is 0 Å². The van der Waals surface area contributed by atoms with Gasteiger partial charge in [0.05, 0.1) is 6.10 Å². The lowest BCUT2D eigenvalue weighted by Gasteiger charge is -2.34. The summed E-state index contributed by atoms with van der Waals surface area (Å²) in [6.07, 6.45) is 2.32. The Morgan fingerprint density at radius 2 is 2.06 bits per heavy atom. The number of likely N-dealkylation sites (N-methyl/N-ethyl adjacent to an activating group) is 1. The van der Waals surface area contributed by atoms with E-state index in [1.54, 1.807) is 0 Å². The van der Waals surface area contributed by atoms with Crippen LogP contribution in [-0.4, -0.2) is 60.8 Å². The molecule has 0 saturated carbocycles. The molecule has 1 atom stereocenters. The standard InChI is InChI=1S/C14H28N2O/c1-12(2)9-15(4)11-14-5-7-16(8-6-14)10-13(3)17/h13-14,17H,1,5-11H2,2-4H3/t13-/m1/s1. The second-order valence-electron chi connectivity index (χ2n) is 5.75. The summed E-state index contributed by atoms with van der Waals surface area (Å²) in [5.41, 5.74) is 1.24. The molecule has 100 valence electrons. The van der Waals surface area contributed by atoms with Crippen molar-refractivity contribution in [2.75, 3.05) is 39.8 Å². The summed E-state index contributed by atoms with van der Waals surface area (Å²) >= 11 is 0. The van der Waals surface area contributed by atoms with Crippen LogP contribution < -0.4 is 0 Å². The molecule has 0 spiro atoms. The number of aliphatic hydroxyl groups is 1. The maximum atomic E-state index is 9.36. The van der Waals surface area contributed by atoms with Crippen LogP contribution in [0.2, 0.25) is 0 Å². The molecule has 0 radical (unpaired) electrons. The molecule has 0 aromatic heterocycles. The first-order valence-electron chi connectivity index (χ1n) is 6.70. The molecule has 0 bridgehead atoms. The predicted molar refractivity (Wildman–Crippen MR) is 73.2 cm³/mol. The molecule has 0 unspecified atom stereocenters. The van der Waals surface area contributed by atoms with Gasteiger partial charge in [-0.1, -0.05) is 12.2 Å². The van der Waals surface area contributed by atoms with Gasteiger partial charge in [0.15, 0.2) is 0 Å². The van der Waals surface area contributed by atoms with Crippen LogP contribution >= 0.6 is 0 Å². The van der Waals surface area contributed by atoms with Gasteiger partial charge in [-0.3, -0.25) is 0 Å². The van der Waals surface area contributed by atoms with E-state index in [1.807, 2.05) is 6.92 Å². The first kappa shape index (κ1) is 14.7. The van der Waals surface area contributed by atoms with Gasteiger partial charge in [-0.15, -0.1) is 0 Å². The fourth-order valence-electron chi connectivity index (χ4n) is 2.69. The Kier molecular flexibility index (Phi) is 6.17. The lowest BCUT2D eigenvalue weighted by molar-refractivity contribution is 0.0933. The molecule has 17 heavy (non-hydrogen) atoms. The Balaban J connectivity index is 2.20. The number of piperidine rings is 1. The van der Waals surface area contributed by atoms with Crippen molar-refractivity contribution in [3.05, 3.63) is 12.2 Å². The molecule has 1 rings (SSSR count). The van der Waals surface area contributed by atoms with Gasteiger partial charge in [0.2, 0.25) is 0 Å². The van der Waals surface area contributed by atoms with Gasteiger partial charge >= 0.3 is 0 Å². The predicted octanol–water partition coefficient (Wildman–Crippen LogP) is 1.59. The SMILES string of the molecule is C=C(C)CN(C)CC1CCN(C[C@@H](C)O)CC1. The van der Waals surface area contributed by atoms with Crippen LogP contribution in [0.15, 0.2) is 12.2 Å². The van der Waals surface area contributed by atoms with Crippen molar-refractivity contribution in [1.29, 1.82) is 0 Å². The van der Waals surface area contributed by atoms with E-state index in [-0.39, 0.29) is 6.10 Å². The molecule has 0 aliphatic carbocycles. The number of nitrogens with zero attached hydrogens (tertiary/aromatic N) is 2. The highest BCUT2D eigenvalue weighted by atomic mass is 16.3. The molecule has 3 heteroatoms. The summed E-state index contributed by atoms with van der Waals surface area (Å²) in [5.74, 6) is 0.810. The third-order valence-corrected chi connectivity index (χ3v) is 3.34. The molecule has 1 fully saturated rings. The van der Waals surface area contributed by atoms with Crippen molar-refractivity contribution < 1.29 is 5.11 Å². The molecule has 1 N–H and O–H groups in total. The number of likely N-dealkylation sites (tertiary alicyclic amines) is 1. The van der Waals surface area contributed by atoms with Gasteiger partial charge in [-0.05, 0) is 52.7 Å². The van der Waals surface area contributed by atoms with E-state index in [0.29, 0.717) is 0 Å². The molecule has 0 amide bonds. The largest absolute Gasteiger partial charge is 0.392 e. The Bertz CT molecular complexity index is 232. The first-order chi connectivity index (χ1) is 7.97. The number of rotatable bonds is 6. The maximum absolute atomic E-state index is 9.36. The lowest BCUT2D eigenvalue weighted by Crippen LogP contribution is -2.40. The highest BCUT2D eigenvalue weighted by Crippen LogP contribution is 2.18. The fraction of sp³-hybridized carbons (Fsp3) is 0.857. The highest BCUT2D eigenvalue weighted by molar-refractivity contribution is 4.91. The number of hydrogen-bond donors (Lipinski definition) is 1. The van der Waals surface area contributed by atoms with E-state index in [4.69, 9.17) is 0 Å². The summed E-state index contributed by atoms with van der Waals surface area (Å²) in [6, 6.07) is 0. The third-order valence-electron chi connectivity index (χ3n) is 3.34. The van der Waals surface area contributed by atoms with Crippen molar-refractivity contribution in [2.45, 2.75) is 32.8 Å². The van der Waals surface area contributed by atoms with Crippen molar-refractivity contribution in [2.24, 2.45) is 5.92 Å². The highest BCUT2D eigenvalue weighted by Gasteiger charge is 2.20. The minimum Gasteiger partial charge on any atom is -0.392 e. The minimum atomic E-state index is -0.197. The number of hydrogen-bond acceptors (Lipinski definition) is 3. The van der Waals surface area contributed by atoms with Crippen LogP contribution in [0.4, 0.5) is 0 Å². The number of aliphatic hydroxyl groups excluding tert-OH is 1. The molecule has 3 nitrogen and oxygen atoms in total. The molecule has 1 heterocycles. The molecule has 0 aromatic rings. The number of β-amino-alcohol motifs (C(OH)–C–C–N with tert-alkyl or cyclic N) is 1. The Morgan fingerprint density at radius 3 is 2.53 bits per heavy atom. The third kappa shape index (κ3) is 6.20. The minimum absolute atomic E-state index is 0.197. The summed E-state index contributed by atoms with van der Waals surface area (Å²) in [6.45, 7) is 13.2. The van der Waals surface area contributed by atoms with Crippen LogP contribution in [-0.2, 0) is 0 Å². The summed E-state index contributed by atoms with van der Waals surface area (Å²) < 4.78 is 0.